The Hall–Kier alpha value is -0.820. The fourth-order valence-corrected chi connectivity index (χ4v) is 3.45. The predicted octanol–water partition coefficient (Wildman–Crippen LogP) is 2.85. The number of benzene rings is 1. The van der Waals surface area contributed by atoms with Gasteiger partial charge in [-0.25, -0.2) is 0 Å². The van der Waals surface area contributed by atoms with Crippen molar-refractivity contribution in [3.05, 3.63) is 34.9 Å². The van der Waals surface area contributed by atoms with Gasteiger partial charge in [-0.3, -0.25) is 0 Å². The maximum Gasteiger partial charge on any atom is 0.00990 e. The summed E-state index contributed by atoms with van der Waals surface area (Å²) in [5, 5.41) is 3.68. The monoisotopic (exact) mass is 215 g/mol. The van der Waals surface area contributed by atoms with Crippen LogP contribution in [0, 0.1) is 12.8 Å². The van der Waals surface area contributed by atoms with Crippen molar-refractivity contribution in [2.75, 3.05) is 6.54 Å². The molecule has 1 heteroatoms. The second-order valence-corrected chi connectivity index (χ2v) is 5.42. The molecule has 2 aliphatic rings. The van der Waals surface area contributed by atoms with Gasteiger partial charge in [-0.2, -0.15) is 0 Å². The summed E-state index contributed by atoms with van der Waals surface area (Å²) in [5.41, 5.74) is 4.75. The van der Waals surface area contributed by atoms with E-state index in [1.54, 1.807) is 11.1 Å². The van der Waals surface area contributed by atoms with Crippen LogP contribution in [0.15, 0.2) is 18.2 Å². The second-order valence-electron chi connectivity index (χ2n) is 5.42. The molecule has 3 rings (SSSR count). The van der Waals surface area contributed by atoms with Crippen LogP contribution in [0.2, 0.25) is 0 Å². The average molecular weight is 215 g/mol. The van der Waals surface area contributed by atoms with Crippen LogP contribution in [-0.4, -0.2) is 12.6 Å². The van der Waals surface area contributed by atoms with Crippen LogP contribution in [0.5, 0.6) is 0 Å². The Morgan fingerprint density at radius 2 is 2.19 bits per heavy atom. The van der Waals surface area contributed by atoms with Crippen LogP contribution in [-0.2, 0) is 12.8 Å². The van der Waals surface area contributed by atoms with E-state index < -0.39 is 0 Å². The third-order valence-electron chi connectivity index (χ3n) is 4.43. The van der Waals surface area contributed by atoms with Crippen LogP contribution in [0.4, 0.5) is 0 Å². The van der Waals surface area contributed by atoms with Crippen molar-refractivity contribution in [3.8, 4) is 0 Å². The number of aryl methyl sites for hydroxylation is 2. The van der Waals surface area contributed by atoms with Gasteiger partial charge < -0.3 is 5.32 Å². The molecule has 1 aromatic rings. The molecule has 1 saturated heterocycles. The van der Waals surface area contributed by atoms with Gasteiger partial charge in [0.1, 0.15) is 0 Å². The van der Waals surface area contributed by atoms with Crippen molar-refractivity contribution in [1.29, 1.82) is 0 Å². The number of hydrogen-bond acceptors (Lipinski definition) is 1. The first-order chi connectivity index (χ1) is 7.84. The molecule has 0 spiro atoms. The Balaban J connectivity index is 1.82. The maximum atomic E-state index is 3.68. The van der Waals surface area contributed by atoms with E-state index in [-0.39, 0.29) is 0 Å². The molecule has 86 valence electrons. The lowest BCUT2D eigenvalue weighted by atomic mass is 9.78. The van der Waals surface area contributed by atoms with Gasteiger partial charge in [0.25, 0.3) is 0 Å². The van der Waals surface area contributed by atoms with Crippen LogP contribution >= 0.6 is 0 Å². The largest absolute Gasteiger partial charge is 0.314 e. The summed E-state index contributed by atoms with van der Waals surface area (Å²) >= 11 is 0. The fraction of sp³-hybridized carbons (Fsp3) is 0.600. The highest BCUT2D eigenvalue weighted by molar-refractivity contribution is 5.36. The Morgan fingerprint density at radius 1 is 1.25 bits per heavy atom. The highest BCUT2D eigenvalue weighted by Gasteiger charge is 2.28. The van der Waals surface area contributed by atoms with Crippen molar-refractivity contribution in [3.63, 3.8) is 0 Å². The molecular formula is C15H21N. The summed E-state index contributed by atoms with van der Waals surface area (Å²) in [6, 6.07) is 7.60. The first-order valence-electron chi connectivity index (χ1n) is 6.65. The highest BCUT2D eigenvalue weighted by Crippen LogP contribution is 2.31. The summed E-state index contributed by atoms with van der Waals surface area (Å²) in [5.74, 6) is 0.885. The summed E-state index contributed by atoms with van der Waals surface area (Å²) in [4.78, 5) is 0. The molecule has 0 bridgehead atoms. The number of rotatable bonds is 1. The topological polar surface area (TPSA) is 12.0 Å². The number of fused-ring (bicyclic) bond motifs is 1. The van der Waals surface area contributed by atoms with E-state index in [0.29, 0.717) is 0 Å². The zero-order valence-corrected chi connectivity index (χ0v) is 10.1. The minimum Gasteiger partial charge on any atom is -0.314 e. The van der Waals surface area contributed by atoms with E-state index in [0.717, 1.165) is 12.0 Å². The zero-order chi connectivity index (χ0) is 11.0. The van der Waals surface area contributed by atoms with E-state index in [2.05, 4.69) is 30.4 Å². The Bertz CT molecular complexity index is 377. The number of nitrogens with one attached hydrogen (secondary N) is 1. The molecule has 1 heterocycles. The normalized spacial score (nSPS) is 29.1. The molecule has 1 nitrogen and oxygen atoms in total. The smallest absolute Gasteiger partial charge is 0.00990 e. The van der Waals surface area contributed by atoms with E-state index in [9.17, 15) is 0 Å². The molecule has 0 saturated carbocycles. The van der Waals surface area contributed by atoms with Gasteiger partial charge in [-0.1, -0.05) is 18.2 Å². The van der Waals surface area contributed by atoms with Crippen LogP contribution in [0.1, 0.15) is 36.0 Å². The van der Waals surface area contributed by atoms with Gasteiger partial charge in [-0.05, 0) is 68.2 Å². The molecule has 1 aliphatic carbocycles. The SMILES string of the molecule is Cc1cccc2c1CC(C1CCCN1)CC2. The summed E-state index contributed by atoms with van der Waals surface area (Å²) in [7, 11) is 0. The third kappa shape index (κ3) is 1.78. The Morgan fingerprint density at radius 3 is 3.00 bits per heavy atom. The standard InChI is InChI=1S/C15H21N/c1-11-4-2-5-12-7-8-13(10-14(11)12)15-6-3-9-16-15/h2,4-5,13,15-16H,3,6-10H2,1H3. The molecule has 1 fully saturated rings. The lowest BCUT2D eigenvalue weighted by Crippen LogP contribution is -2.34. The lowest BCUT2D eigenvalue weighted by molar-refractivity contribution is 0.349. The van der Waals surface area contributed by atoms with Crippen molar-refractivity contribution >= 4 is 0 Å². The highest BCUT2D eigenvalue weighted by atomic mass is 14.9. The van der Waals surface area contributed by atoms with Crippen LogP contribution in [0.3, 0.4) is 0 Å². The van der Waals surface area contributed by atoms with E-state index in [4.69, 9.17) is 0 Å². The molecular weight excluding hydrogens is 194 g/mol. The van der Waals surface area contributed by atoms with E-state index in [1.165, 1.54) is 44.2 Å². The van der Waals surface area contributed by atoms with Crippen molar-refractivity contribution in [1.82, 2.24) is 5.32 Å². The zero-order valence-electron chi connectivity index (χ0n) is 10.1. The van der Waals surface area contributed by atoms with E-state index in [1.807, 2.05) is 0 Å². The van der Waals surface area contributed by atoms with Crippen molar-refractivity contribution < 1.29 is 0 Å². The number of hydrogen-bond donors (Lipinski definition) is 1. The third-order valence-corrected chi connectivity index (χ3v) is 4.43. The van der Waals surface area contributed by atoms with E-state index >= 15 is 0 Å². The van der Waals surface area contributed by atoms with Gasteiger partial charge in [0.05, 0.1) is 0 Å². The van der Waals surface area contributed by atoms with Crippen LogP contribution < -0.4 is 5.32 Å². The van der Waals surface area contributed by atoms with Gasteiger partial charge in [0, 0.05) is 6.04 Å². The summed E-state index contributed by atoms with van der Waals surface area (Å²) in [6.45, 7) is 3.51. The van der Waals surface area contributed by atoms with Gasteiger partial charge in [-0.15, -0.1) is 0 Å². The molecule has 1 aromatic carbocycles. The van der Waals surface area contributed by atoms with Crippen molar-refractivity contribution in [2.45, 2.75) is 45.1 Å². The quantitative estimate of drug-likeness (QED) is 0.759. The summed E-state index contributed by atoms with van der Waals surface area (Å²) < 4.78 is 0. The maximum absolute atomic E-state index is 3.68. The van der Waals surface area contributed by atoms with Crippen molar-refractivity contribution in [2.24, 2.45) is 5.92 Å². The molecule has 0 amide bonds. The Kier molecular flexibility index (Phi) is 2.72. The van der Waals surface area contributed by atoms with Gasteiger partial charge >= 0.3 is 0 Å². The minimum absolute atomic E-state index is 0.799. The first-order valence-corrected chi connectivity index (χ1v) is 6.65. The van der Waals surface area contributed by atoms with Crippen LogP contribution in [0.25, 0.3) is 0 Å². The molecule has 16 heavy (non-hydrogen) atoms. The fourth-order valence-electron chi connectivity index (χ4n) is 3.45. The lowest BCUT2D eigenvalue weighted by Gasteiger charge is -2.30. The summed E-state index contributed by atoms with van der Waals surface area (Å²) in [6.07, 6.45) is 6.75. The molecule has 0 radical (unpaired) electrons. The molecule has 1 aliphatic heterocycles. The second kappa shape index (κ2) is 4.21. The van der Waals surface area contributed by atoms with Gasteiger partial charge in [0.15, 0.2) is 0 Å². The van der Waals surface area contributed by atoms with Gasteiger partial charge in [0.2, 0.25) is 0 Å². The predicted molar refractivity (Wildman–Crippen MR) is 67.7 cm³/mol. The molecule has 2 atom stereocenters. The first kappa shape index (κ1) is 10.3. The molecule has 0 aromatic heterocycles. The Labute approximate surface area is 98.3 Å². The molecule has 1 N–H and O–H groups in total. The average Bonchev–Trinajstić information content (AvgIpc) is 2.83. The minimum atomic E-state index is 0.799. The molecule has 2 unspecified atom stereocenters.